The summed E-state index contributed by atoms with van der Waals surface area (Å²) in [7, 11) is 0. The molecule has 0 aromatic heterocycles. The van der Waals surface area contributed by atoms with Gasteiger partial charge in [0.2, 0.25) is 0 Å². The Morgan fingerprint density at radius 1 is 1.04 bits per heavy atom. The van der Waals surface area contributed by atoms with Gasteiger partial charge in [0.05, 0.1) is 10.7 Å². The number of nitrogens with two attached hydrogens (primary N) is 1. The molecule has 0 atom stereocenters. The molecule has 0 heterocycles. The first-order valence-electron chi connectivity index (χ1n) is 8.25. The van der Waals surface area contributed by atoms with E-state index in [1.165, 1.54) is 12.1 Å². The number of carbonyl (C=O) groups is 1. The Balaban J connectivity index is 1.89. The molecule has 0 saturated heterocycles. The summed E-state index contributed by atoms with van der Waals surface area (Å²) in [5.74, 6) is -1.60. The van der Waals surface area contributed by atoms with Crippen LogP contribution in [0.2, 0.25) is 5.02 Å². The van der Waals surface area contributed by atoms with Gasteiger partial charge in [-0.25, -0.2) is 8.78 Å². The third kappa shape index (κ3) is 4.15. The molecule has 6 heteroatoms. The molecule has 0 aliphatic carbocycles. The average Bonchev–Trinajstić information content (AvgIpc) is 2.64. The molecule has 3 rings (SSSR count). The van der Waals surface area contributed by atoms with Gasteiger partial charge in [0, 0.05) is 29.4 Å². The molecule has 0 spiro atoms. The Bertz CT molecular complexity index is 1020. The fourth-order valence-corrected chi connectivity index (χ4v) is 2.98. The lowest BCUT2D eigenvalue weighted by Crippen LogP contribution is -2.07. The number of hydrogen-bond acceptors (Lipinski definition) is 3. The van der Waals surface area contributed by atoms with Gasteiger partial charge in [-0.2, -0.15) is 0 Å². The summed E-state index contributed by atoms with van der Waals surface area (Å²) in [5.41, 5.74) is 8.78. The fraction of sp³-hybridized carbons (Fsp3) is 0.0952. The summed E-state index contributed by atoms with van der Waals surface area (Å²) in [6.07, 6.45) is 0. The molecule has 138 valence electrons. The SMILES string of the molecule is Cc1ccc(CN)cc1C(=O)c1ccc(Nc2ccc(F)cc2F)cc1Cl. The van der Waals surface area contributed by atoms with Gasteiger partial charge in [-0.3, -0.25) is 4.79 Å². The van der Waals surface area contributed by atoms with E-state index in [0.29, 0.717) is 23.4 Å². The van der Waals surface area contributed by atoms with E-state index in [2.05, 4.69) is 5.32 Å². The number of carbonyl (C=O) groups excluding carboxylic acids is 1. The van der Waals surface area contributed by atoms with Crippen LogP contribution in [0, 0.1) is 18.6 Å². The van der Waals surface area contributed by atoms with Gasteiger partial charge in [0.15, 0.2) is 5.78 Å². The summed E-state index contributed by atoms with van der Waals surface area (Å²) < 4.78 is 26.8. The van der Waals surface area contributed by atoms with Crippen molar-refractivity contribution < 1.29 is 13.6 Å². The second-order valence-corrected chi connectivity index (χ2v) is 6.53. The number of benzene rings is 3. The molecule has 0 aliphatic heterocycles. The summed E-state index contributed by atoms with van der Waals surface area (Å²) >= 11 is 6.29. The maximum Gasteiger partial charge on any atom is 0.194 e. The Hall–Kier alpha value is -2.76. The first-order valence-corrected chi connectivity index (χ1v) is 8.62. The average molecular weight is 387 g/mol. The van der Waals surface area contributed by atoms with E-state index in [-0.39, 0.29) is 16.5 Å². The van der Waals surface area contributed by atoms with Crippen LogP contribution < -0.4 is 11.1 Å². The van der Waals surface area contributed by atoms with Crippen LogP contribution in [-0.2, 0) is 6.54 Å². The quantitative estimate of drug-likeness (QED) is 0.580. The van der Waals surface area contributed by atoms with Crippen molar-refractivity contribution in [3.05, 3.63) is 93.5 Å². The van der Waals surface area contributed by atoms with Crippen molar-refractivity contribution in [2.45, 2.75) is 13.5 Å². The highest BCUT2D eigenvalue weighted by Crippen LogP contribution is 2.28. The number of nitrogens with one attached hydrogen (secondary N) is 1. The molecule has 3 aromatic carbocycles. The molecule has 0 fully saturated rings. The molecular formula is C21H17ClF2N2O. The third-order valence-electron chi connectivity index (χ3n) is 4.21. The molecule has 0 bridgehead atoms. The largest absolute Gasteiger partial charge is 0.353 e. The van der Waals surface area contributed by atoms with Gasteiger partial charge in [0.25, 0.3) is 0 Å². The molecule has 0 unspecified atom stereocenters. The normalized spacial score (nSPS) is 10.7. The maximum absolute atomic E-state index is 13.8. The Morgan fingerprint density at radius 2 is 1.81 bits per heavy atom. The lowest BCUT2D eigenvalue weighted by atomic mass is 9.96. The molecular weight excluding hydrogens is 370 g/mol. The minimum Gasteiger partial charge on any atom is -0.353 e. The second kappa shape index (κ2) is 7.86. The van der Waals surface area contributed by atoms with Crippen LogP contribution in [0.15, 0.2) is 54.6 Å². The van der Waals surface area contributed by atoms with Crippen molar-refractivity contribution in [1.29, 1.82) is 0 Å². The summed E-state index contributed by atoms with van der Waals surface area (Å²) in [6.45, 7) is 2.18. The second-order valence-electron chi connectivity index (χ2n) is 6.13. The topological polar surface area (TPSA) is 55.1 Å². The van der Waals surface area contributed by atoms with Crippen molar-refractivity contribution in [2.24, 2.45) is 5.73 Å². The molecule has 3 N–H and O–H groups in total. The van der Waals surface area contributed by atoms with E-state index < -0.39 is 11.6 Å². The zero-order chi connectivity index (χ0) is 19.6. The third-order valence-corrected chi connectivity index (χ3v) is 4.52. The first-order chi connectivity index (χ1) is 12.9. The van der Waals surface area contributed by atoms with Crippen molar-refractivity contribution in [1.82, 2.24) is 0 Å². The number of aryl methyl sites for hydroxylation is 1. The Labute approximate surface area is 160 Å². The van der Waals surface area contributed by atoms with E-state index in [9.17, 15) is 13.6 Å². The van der Waals surface area contributed by atoms with E-state index in [1.54, 1.807) is 18.2 Å². The molecule has 0 saturated carbocycles. The molecule has 3 aromatic rings. The van der Waals surface area contributed by atoms with Gasteiger partial charge >= 0.3 is 0 Å². The Kier molecular flexibility index (Phi) is 5.54. The van der Waals surface area contributed by atoms with E-state index in [0.717, 1.165) is 23.3 Å². The summed E-state index contributed by atoms with van der Waals surface area (Å²) in [4.78, 5) is 12.9. The minimum atomic E-state index is -0.722. The zero-order valence-electron chi connectivity index (χ0n) is 14.5. The highest BCUT2D eigenvalue weighted by atomic mass is 35.5. The van der Waals surface area contributed by atoms with Crippen LogP contribution >= 0.6 is 11.6 Å². The molecule has 27 heavy (non-hydrogen) atoms. The van der Waals surface area contributed by atoms with Crippen LogP contribution in [0.25, 0.3) is 0 Å². The van der Waals surface area contributed by atoms with Gasteiger partial charge in [-0.15, -0.1) is 0 Å². The van der Waals surface area contributed by atoms with Crippen LogP contribution in [0.4, 0.5) is 20.2 Å². The highest BCUT2D eigenvalue weighted by Gasteiger charge is 2.16. The lowest BCUT2D eigenvalue weighted by molar-refractivity contribution is 0.103. The highest BCUT2D eigenvalue weighted by molar-refractivity contribution is 6.35. The van der Waals surface area contributed by atoms with Crippen LogP contribution in [0.1, 0.15) is 27.0 Å². The van der Waals surface area contributed by atoms with E-state index >= 15 is 0 Å². The minimum absolute atomic E-state index is 0.109. The number of ketones is 1. The standard InChI is InChI=1S/C21H17ClF2N2O/c1-12-2-3-13(11-25)8-17(12)21(27)16-6-5-15(10-18(16)22)26-20-7-4-14(23)9-19(20)24/h2-10,26H,11,25H2,1H3. The van der Waals surface area contributed by atoms with Crippen LogP contribution in [0.3, 0.4) is 0 Å². The number of halogens is 3. The predicted molar refractivity (Wildman–Crippen MR) is 104 cm³/mol. The first kappa shape index (κ1) is 19.0. The Morgan fingerprint density at radius 3 is 2.48 bits per heavy atom. The van der Waals surface area contributed by atoms with Gasteiger partial charge in [-0.1, -0.05) is 23.7 Å². The van der Waals surface area contributed by atoms with E-state index in [1.807, 2.05) is 19.1 Å². The summed E-state index contributed by atoms with van der Waals surface area (Å²) in [6, 6.07) is 13.4. The van der Waals surface area contributed by atoms with Gasteiger partial charge in [-0.05, 0) is 54.4 Å². The molecule has 0 aliphatic rings. The van der Waals surface area contributed by atoms with Crippen molar-refractivity contribution in [2.75, 3.05) is 5.32 Å². The van der Waals surface area contributed by atoms with Gasteiger partial charge < -0.3 is 11.1 Å². The smallest absolute Gasteiger partial charge is 0.194 e. The molecule has 0 amide bonds. The number of hydrogen-bond donors (Lipinski definition) is 2. The number of anilines is 2. The molecule has 3 nitrogen and oxygen atoms in total. The summed E-state index contributed by atoms with van der Waals surface area (Å²) in [5, 5.41) is 3.05. The zero-order valence-corrected chi connectivity index (χ0v) is 15.3. The lowest BCUT2D eigenvalue weighted by Gasteiger charge is -2.12. The van der Waals surface area contributed by atoms with Crippen molar-refractivity contribution in [3.63, 3.8) is 0 Å². The fourth-order valence-electron chi connectivity index (χ4n) is 2.71. The van der Waals surface area contributed by atoms with Crippen LogP contribution in [-0.4, -0.2) is 5.78 Å². The molecule has 0 radical (unpaired) electrons. The van der Waals surface area contributed by atoms with Crippen molar-refractivity contribution >= 4 is 28.8 Å². The van der Waals surface area contributed by atoms with E-state index in [4.69, 9.17) is 17.3 Å². The van der Waals surface area contributed by atoms with Gasteiger partial charge in [0.1, 0.15) is 11.6 Å². The van der Waals surface area contributed by atoms with Crippen LogP contribution in [0.5, 0.6) is 0 Å². The maximum atomic E-state index is 13.8. The monoisotopic (exact) mass is 386 g/mol. The van der Waals surface area contributed by atoms with Crippen molar-refractivity contribution in [3.8, 4) is 0 Å². The number of rotatable bonds is 5. The predicted octanol–water partition coefficient (Wildman–Crippen LogP) is 5.36.